The Hall–Kier alpha value is -3.20. The van der Waals surface area contributed by atoms with Crippen LogP contribution in [0.5, 0.6) is 0 Å². The minimum absolute atomic E-state index is 0.295. The first-order valence-corrected chi connectivity index (χ1v) is 8.56. The molecule has 0 aliphatic carbocycles. The normalized spacial score (nSPS) is 13.8. The summed E-state index contributed by atoms with van der Waals surface area (Å²) in [5.74, 6) is 0. The van der Waals surface area contributed by atoms with E-state index >= 15 is 0 Å². The lowest BCUT2D eigenvalue weighted by molar-refractivity contribution is -0.660. The lowest BCUT2D eigenvalue weighted by Crippen LogP contribution is -2.30. The molecule has 5 rings (SSSR count). The third kappa shape index (κ3) is 2.07. The van der Waals surface area contributed by atoms with Crippen LogP contribution < -0.4 is 4.57 Å². The number of fused-ring (bicyclic) bond motifs is 4. The predicted octanol–water partition coefficient (Wildman–Crippen LogP) is 5.24. The number of furan rings is 1. The van der Waals surface area contributed by atoms with E-state index in [2.05, 4.69) is 4.98 Å². The molecule has 0 N–H and O–H groups in total. The van der Waals surface area contributed by atoms with Crippen molar-refractivity contribution in [3.05, 3.63) is 71.9 Å². The molecule has 3 heteroatoms. The molecule has 0 amide bonds. The van der Waals surface area contributed by atoms with E-state index in [0.29, 0.717) is 22.2 Å². The van der Waals surface area contributed by atoms with E-state index in [-0.39, 0.29) is 0 Å². The second-order valence-corrected chi connectivity index (χ2v) is 6.65. The topological polar surface area (TPSA) is 29.9 Å². The van der Waals surface area contributed by atoms with Crippen molar-refractivity contribution in [2.45, 2.75) is 13.8 Å². The molecule has 0 atom stereocenters. The molecular formula is C23H19N2O+. The Morgan fingerprint density at radius 3 is 2.73 bits per heavy atom. The number of hydrogen-bond acceptors (Lipinski definition) is 2. The number of aryl methyl sites for hydroxylation is 3. The van der Waals surface area contributed by atoms with Gasteiger partial charge in [-0.25, -0.2) is 9.55 Å². The SMILES string of the molecule is [2H]C([2H])([2H])c1cc(C)c(-c2cccc[n+]2C)c2oc3nc4ccccc4cc3c12. The van der Waals surface area contributed by atoms with E-state index < -0.39 is 6.85 Å². The first-order valence-electron chi connectivity index (χ1n) is 10.1. The smallest absolute Gasteiger partial charge is 0.227 e. The summed E-state index contributed by atoms with van der Waals surface area (Å²) in [5.41, 5.74) is 4.83. The van der Waals surface area contributed by atoms with Crippen molar-refractivity contribution in [2.75, 3.05) is 0 Å². The third-order valence-electron chi connectivity index (χ3n) is 4.95. The van der Waals surface area contributed by atoms with Crippen molar-refractivity contribution in [1.29, 1.82) is 0 Å². The first kappa shape index (κ1) is 12.2. The molecule has 3 aromatic heterocycles. The number of nitrogens with zero attached hydrogens (tertiary/aromatic N) is 2. The van der Waals surface area contributed by atoms with Crippen LogP contribution in [-0.4, -0.2) is 4.98 Å². The summed E-state index contributed by atoms with van der Waals surface area (Å²) in [5, 5.41) is 2.29. The highest BCUT2D eigenvalue weighted by Gasteiger charge is 2.22. The molecule has 0 unspecified atom stereocenters. The summed E-state index contributed by atoms with van der Waals surface area (Å²) in [7, 11) is 1.97. The van der Waals surface area contributed by atoms with Gasteiger partial charge in [-0.3, -0.25) is 0 Å². The highest BCUT2D eigenvalue weighted by atomic mass is 16.3. The molecule has 0 radical (unpaired) electrons. The van der Waals surface area contributed by atoms with Gasteiger partial charge in [0.25, 0.3) is 0 Å². The second-order valence-electron chi connectivity index (χ2n) is 6.65. The van der Waals surface area contributed by atoms with E-state index in [4.69, 9.17) is 8.53 Å². The second kappa shape index (κ2) is 5.40. The van der Waals surface area contributed by atoms with Crippen LogP contribution in [0.2, 0.25) is 0 Å². The standard InChI is InChI=1S/C23H19N2O/c1-14-12-15(2)21(19-10-6-7-11-25(19)3)22-20(14)17-13-16-8-4-5-9-18(16)24-23(17)26-22/h4-13H,1-3H3/q+1/i1D3. The monoisotopic (exact) mass is 342 g/mol. The van der Waals surface area contributed by atoms with Crippen LogP contribution in [0.3, 0.4) is 0 Å². The van der Waals surface area contributed by atoms with Gasteiger partial charge in [0.1, 0.15) is 7.05 Å². The molecule has 26 heavy (non-hydrogen) atoms. The van der Waals surface area contributed by atoms with Gasteiger partial charge in [0.2, 0.25) is 11.4 Å². The van der Waals surface area contributed by atoms with Crippen molar-refractivity contribution in [3.63, 3.8) is 0 Å². The van der Waals surface area contributed by atoms with Gasteiger partial charge in [0.15, 0.2) is 11.8 Å². The Morgan fingerprint density at radius 2 is 1.88 bits per heavy atom. The van der Waals surface area contributed by atoms with Crippen molar-refractivity contribution < 1.29 is 13.1 Å². The molecule has 0 saturated carbocycles. The zero-order chi connectivity index (χ0) is 20.3. The quantitative estimate of drug-likeness (QED) is 0.390. The number of rotatable bonds is 1. The van der Waals surface area contributed by atoms with Gasteiger partial charge in [0.05, 0.1) is 11.1 Å². The lowest BCUT2D eigenvalue weighted by atomic mass is 9.97. The van der Waals surface area contributed by atoms with E-state index in [1.54, 1.807) is 6.07 Å². The number of pyridine rings is 2. The maximum atomic E-state index is 8.11. The summed E-state index contributed by atoms with van der Waals surface area (Å²) < 4.78 is 32.6. The van der Waals surface area contributed by atoms with Gasteiger partial charge < -0.3 is 4.42 Å². The molecule has 0 saturated heterocycles. The number of para-hydroxylation sites is 1. The average Bonchev–Trinajstić information content (AvgIpc) is 3.03. The molecule has 3 heterocycles. The Kier molecular flexibility index (Phi) is 2.53. The van der Waals surface area contributed by atoms with Crippen molar-refractivity contribution in [3.8, 4) is 11.3 Å². The fraction of sp³-hybridized carbons (Fsp3) is 0.130. The molecule has 0 aliphatic heterocycles. The van der Waals surface area contributed by atoms with Gasteiger partial charge in [-0.05, 0) is 43.1 Å². The van der Waals surface area contributed by atoms with Crippen LogP contribution in [0, 0.1) is 13.8 Å². The minimum Gasteiger partial charge on any atom is -0.437 e. The summed E-state index contributed by atoms with van der Waals surface area (Å²) in [6.07, 6.45) is 1.97. The van der Waals surface area contributed by atoms with Crippen LogP contribution in [-0.2, 0) is 7.05 Å². The summed E-state index contributed by atoms with van der Waals surface area (Å²) in [6.45, 7) is -0.336. The molecule has 3 nitrogen and oxygen atoms in total. The van der Waals surface area contributed by atoms with Gasteiger partial charge in [0, 0.05) is 32.4 Å². The molecule has 5 aromatic rings. The van der Waals surface area contributed by atoms with E-state index in [0.717, 1.165) is 33.1 Å². The van der Waals surface area contributed by atoms with Crippen molar-refractivity contribution in [1.82, 2.24) is 4.98 Å². The summed E-state index contributed by atoms with van der Waals surface area (Å²) in [6, 6.07) is 17.4. The highest BCUT2D eigenvalue weighted by Crippen LogP contribution is 2.39. The molecule has 126 valence electrons. The van der Waals surface area contributed by atoms with Crippen LogP contribution >= 0.6 is 0 Å². The van der Waals surface area contributed by atoms with E-state index in [9.17, 15) is 0 Å². The molecule has 2 aromatic carbocycles. The molecule has 0 bridgehead atoms. The molecule has 0 spiro atoms. The fourth-order valence-electron chi connectivity index (χ4n) is 3.71. The van der Waals surface area contributed by atoms with Crippen molar-refractivity contribution in [2.24, 2.45) is 7.05 Å². The average molecular weight is 342 g/mol. The number of benzene rings is 2. The Balaban J connectivity index is 2.01. The Bertz CT molecular complexity index is 1420. The minimum atomic E-state index is -2.26. The van der Waals surface area contributed by atoms with Crippen LogP contribution in [0.25, 0.3) is 44.2 Å². The number of aromatic nitrogens is 2. The van der Waals surface area contributed by atoms with E-state index in [1.807, 2.05) is 73.3 Å². The zero-order valence-electron chi connectivity index (χ0n) is 17.6. The van der Waals surface area contributed by atoms with Crippen LogP contribution in [0.4, 0.5) is 0 Å². The Labute approximate surface area is 155 Å². The summed E-state index contributed by atoms with van der Waals surface area (Å²) >= 11 is 0. The van der Waals surface area contributed by atoms with Crippen LogP contribution in [0.15, 0.2) is 65.2 Å². The largest absolute Gasteiger partial charge is 0.437 e. The first-order chi connectivity index (χ1) is 13.8. The fourth-order valence-corrected chi connectivity index (χ4v) is 3.71. The van der Waals surface area contributed by atoms with Gasteiger partial charge in [-0.2, -0.15) is 0 Å². The Morgan fingerprint density at radius 1 is 1.04 bits per heavy atom. The van der Waals surface area contributed by atoms with Crippen molar-refractivity contribution >= 4 is 33.0 Å². The van der Waals surface area contributed by atoms with E-state index in [1.165, 1.54) is 0 Å². The van der Waals surface area contributed by atoms with Crippen LogP contribution in [0.1, 0.15) is 15.2 Å². The third-order valence-corrected chi connectivity index (χ3v) is 4.95. The summed E-state index contributed by atoms with van der Waals surface area (Å²) in [4.78, 5) is 4.67. The maximum absolute atomic E-state index is 8.11. The zero-order valence-corrected chi connectivity index (χ0v) is 14.6. The predicted molar refractivity (Wildman–Crippen MR) is 105 cm³/mol. The molecule has 0 fully saturated rings. The molecule has 0 aliphatic rings. The maximum Gasteiger partial charge on any atom is 0.227 e. The van der Waals surface area contributed by atoms with Gasteiger partial charge in [-0.1, -0.05) is 24.3 Å². The van der Waals surface area contributed by atoms with Gasteiger partial charge in [-0.15, -0.1) is 0 Å². The highest BCUT2D eigenvalue weighted by molar-refractivity contribution is 6.12. The number of hydrogen-bond donors (Lipinski definition) is 0. The van der Waals surface area contributed by atoms with Gasteiger partial charge >= 0.3 is 0 Å². The molecular weight excluding hydrogens is 320 g/mol. The lowest BCUT2D eigenvalue weighted by Gasteiger charge is -2.07.